The van der Waals surface area contributed by atoms with E-state index in [2.05, 4.69) is 12.6 Å². The molecule has 0 bridgehead atoms. The maximum absolute atomic E-state index is 10.9. The Balaban J connectivity index is 3.53. The van der Waals surface area contributed by atoms with Crippen molar-refractivity contribution in [3.05, 3.63) is 28.3 Å². The predicted molar refractivity (Wildman–Crippen MR) is 54.9 cm³/mol. The molecule has 13 heavy (non-hydrogen) atoms. The summed E-state index contributed by atoms with van der Waals surface area (Å²) in [7, 11) is 0. The second kappa shape index (κ2) is 3.42. The van der Waals surface area contributed by atoms with Crippen molar-refractivity contribution in [3.8, 4) is 0 Å². The highest BCUT2D eigenvalue weighted by Crippen LogP contribution is 2.24. The molecule has 0 spiro atoms. The number of hydrogen-bond donors (Lipinski definition) is 2. The quantitative estimate of drug-likeness (QED) is 0.677. The van der Waals surface area contributed by atoms with Crippen LogP contribution in [0.3, 0.4) is 0 Å². The van der Waals surface area contributed by atoms with Gasteiger partial charge in [-0.25, -0.2) is 4.79 Å². The van der Waals surface area contributed by atoms with Crippen LogP contribution in [0.5, 0.6) is 0 Å². The molecule has 0 aliphatic carbocycles. The molecule has 1 aromatic rings. The lowest BCUT2D eigenvalue weighted by molar-refractivity contribution is 0.0695. The highest BCUT2D eigenvalue weighted by Gasteiger charge is 2.13. The first kappa shape index (κ1) is 10.1. The highest BCUT2D eigenvalue weighted by molar-refractivity contribution is 7.80. The van der Waals surface area contributed by atoms with Crippen molar-refractivity contribution < 1.29 is 9.90 Å². The molecule has 0 radical (unpaired) electrons. The van der Waals surface area contributed by atoms with Crippen molar-refractivity contribution >= 4 is 18.6 Å². The largest absolute Gasteiger partial charge is 0.478 e. The van der Waals surface area contributed by atoms with Crippen LogP contribution >= 0.6 is 12.6 Å². The fourth-order valence-corrected chi connectivity index (χ4v) is 1.68. The van der Waals surface area contributed by atoms with Gasteiger partial charge < -0.3 is 5.11 Å². The summed E-state index contributed by atoms with van der Waals surface area (Å²) in [6.45, 7) is 5.51. The van der Waals surface area contributed by atoms with Crippen LogP contribution in [0.1, 0.15) is 27.0 Å². The molecule has 0 aliphatic heterocycles. The van der Waals surface area contributed by atoms with E-state index in [1.54, 1.807) is 13.8 Å². The van der Waals surface area contributed by atoms with Crippen molar-refractivity contribution in [3.63, 3.8) is 0 Å². The Kier molecular flexibility index (Phi) is 2.66. The minimum Gasteiger partial charge on any atom is -0.478 e. The zero-order valence-corrected chi connectivity index (χ0v) is 8.77. The summed E-state index contributed by atoms with van der Waals surface area (Å²) in [5, 5.41) is 8.93. The molecule has 0 amide bonds. The van der Waals surface area contributed by atoms with E-state index in [0.717, 1.165) is 21.6 Å². The summed E-state index contributed by atoms with van der Waals surface area (Å²) in [6.07, 6.45) is 0. The maximum atomic E-state index is 10.9. The van der Waals surface area contributed by atoms with Gasteiger partial charge in [-0.3, -0.25) is 0 Å². The number of benzene rings is 1. The topological polar surface area (TPSA) is 37.3 Å². The Morgan fingerprint density at radius 2 is 1.85 bits per heavy atom. The molecule has 0 saturated carbocycles. The molecule has 0 unspecified atom stereocenters. The molecular weight excluding hydrogens is 184 g/mol. The number of aromatic carboxylic acids is 1. The van der Waals surface area contributed by atoms with Gasteiger partial charge in [-0.15, -0.1) is 12.6 Å². The van der Waals surface area contributed by atoms with Gasteiger partial charge in [0.1, 0.15) is 0 Å². The Bertz CT molecular complexity index is 370. The second-order valence-electron chi connectivity index (χ2n) is 3.16. The summed E-state index contributed by atoms with van der Waals surface area (Å²) in [4.78, 5) is 11.6. The molecule has 1 aromatic carbocycles. The Morgan fingerprint density at radius 3 is 2.31 bits per heavy atom. The number of hydrogen-bond acceptors (Lipinski definition) is 2. The lowest BCUT2D eigenvalue weighted by Gasteiger charge is -2.10. The number of carboxylic acid groups (broad SMARTS) is 1. The van der Waals surface area contributed by atoms with Gasteiger partial charge in [-0.2, -0.15) is 0 Å². The Morgan fingerprint density at radius 1 is 1.31 bits per heavy atom. The molecule has 0 fully saturated rings. The van der Waals surface area contributed by atoms with Crippen molar-refractivity contribution in [2.24, 2.45) is 0 Å². The normalized spacial score (nSPS) is 10.2. The van der Waals surface area contributed by atoms with Crippen molar-refractivity contribution in [2.45, 2.75) is 25.7 Å². The van der Waals surface area contributed by atoms with E-state index >= 15 is 0 Å². The molecule has 0 heterocycles. The first-order valence-corrected chi connectivity index (χ1v) is 4.43. The van der Waals surface area contributed by atoms with E-state index in [-0.39, 0.29) is 0 Å². The van der Waals surface area contributed by atoms with Crippen LogP contribution in [0.4, 0.5) is 0 Å². The van der Waals surface area contributed by atoms with Gasteiger partial charge >= 0.3 is 5.97 Å². The molecule has 1 N–H and O–H groups in total. The summed E-state index contributed by atoms with van der Waals surface area (Å²) in [6, 6.07) is 1.85. The van der Waals surface area contributed by atoms with Gasteiger partial charge in [0.05, 0.1) is 5.56 Å². The number of carbonyl (C=O) groups is 1. The van der Waals surface area contributed by atoms with E-state index in [1.807, 2.05) is 13.0 Å². The fourth-order valence-electron chi connectivity index (χ4n) is 1.50. The summed E-state index contributed by atoms with van der Waals surface area (Å²) in [5.41, 5.74) is 2.92. The van der Waals surface area contributed by atoms with Crippen LogP contribution in [-0.4, -0.2) is 11.1 Å². The van der Waals surface area contributed by atoms with Gasteiger partial charge in [0, 0.05) is 4.90 Å². The van der Waals surface area contributed by atoms with Crippen LogP contribution in [0.25, 0.3) is 0 Å². The lowest BCUT2D eigenvalue weighted by atomic mass is 10.00. The van der Waals surface area contributed by atoms with E-state index in [9.17, 15) is 4.79 Å². The minimum absolute atomic E-state index is 0.371. The molecule has 0 aromatic heterocycles. The third-order valence-corrected chi connectivity index (χ3v) is 2.83. The van der Waals surface area contributed by atoms with Gasteiger partial charge in [0.25, 0.3) is 0 Å². The van der Waals surface area contributed by atoms with E-state index in [1.165, 1.54) is 0 Å². The number of rotatable bonds is 1. The number of thiol groups is 1. The van der Waals surface area contributed by atoms with Gasteiger partial charge in [-0.1, -0.05) is 6.07 Å². The lowest BCUT2D eigenvalue weighted by Crippen LogP contribution is -2.04. The average molecular weight is 196 g/mol. The predicted octanol–water partition coefficient (Wildman–Crippen LogP) is 2.60. The highest BCUT2D eigenvalue weighted by atomic mass is 32.1. The van der Waals surface area contributed by atoms with E-state index < -0.39 is 5.97 Å². The maximum Gasteiger partial charge on any atom is 0.336 e. The molecule has 70 valence electrons. The smallest absolute Gasteiger partial charge is 0.336 e. The van der Waals surface area contributed by atoms with Crippen LogP contribution in [-0.2, 0) is 0 Å². The standard InChI is InChI=1S/C10H12O2S/c1-5-4-6(2)9(13)7(3)8(5)10(11)12/h4,13H,1-3H3,(H,11,12). The fraction of sp³-hybridized carbons (Fsp3) is 0.300. The van der Waals surface area contributed by atoms with Crippen molar-refractivity contribution in [1.82, 2.24) is 0 Å². The zero-order valence-electron chi connectivity index (χ0n) is 7.88. The molecule has 0 atom stereocenters. The molecule has 2 nitrogen and oxygen atoms in total. The van der Waals surface area contributed by atoms with E-state index in [4.69, 9.17) is 5.11 Å². The van der Waals surface area contributed by atoms with Crippen LogP contribution in [0.2, 0.25) is 0 Å². The van der Waals surface area contributed by atoms with Gasteiger partial charge in [0.15, 0.2) is 0 Å². The van der Waals surface area contributed by atoms with Crippen molar-refractivity contribution in [2.75, 3.05) is 0 Å². The number of aryl methyl sites for hydroxylation is 2. The molecule has 0 saturated heterocycles. The molecule has 0 aliphatic rings. The third-order valence-electron chi connectivity index (χ3n) is 2.14. The molecular formula is C10H12O2S. The van der Waals surface area contributed by atoms with E-state index in [0.29, 0.717) is 5.56 Å². The summed E-state index contributed by atoms with van der Waals surface area (Å²) >= 11 is 4.26. The zero-order chi connectivity index (χ0) is 10.2. The minimum atomic E-state index is -0.884. The SMILES string of the molecule is Cc1cc(C)c(C(=O)O)c(C)c1S. The van der Waals surface area contributed by atoms with Crippen LogP contribution in [0, 0.1) is 20.8 Å². The molecule has 1 rings (SSSR count). The monoisotopic (exact) mass is 196 g/mol. The number of carboxylic acids is 1. The average Bonchev–Trinajstić information content (AvgIpc) is 1.99. The van der Waals surface area contributed by atoms with Crippen molar-refractivity contribution in [1.29, 1.82) is 0 Å². The second-order valence-corrected chi connectivity index (χ2v) is 3.61. The summed E-state index contributed by atoms with van der Waals surface area (Å²) in [5.74, 6) is -0.884. The van der Waals surface area contributed by atoms with Gasteiger partial charge in [-0.05, 0) is 37.5 Å². The third kappa shape index (κ3) is 1.70. The Hall–Kier alpha value is -0.960. The summed E-state index contributed by atoms with van der Waals surface area (Å²) < 4.78 is 0. The first-order valence-electron chi connectivity index (χ1n) is 3.98. The van der Waals surface area contributed by atoms with Crippen LogP contribution < -0.4 is 0 Å². The van der Waals surface area contributed by atoms with Gasteiger partial charge in [0.2, 0.25) is 0 Å². The Labute approximate surface area is 83.0 Å². The van der Waals surface area contributed by atoms with Crippen LogP contribution in [0.15, 0.2) is 11.0 Å². The molecule has 3 heteroatoms. The first-order chi connectivity index (χ1) is 5.95.